The van der Waals surface area contributed by atoms with E-state index in [-0.39, 0.29) is 17.2 Å². The van der Waals surface area contributed by atoms with E-state index in [1.54, 1.807) is 6.92 Å². The van der Waals surface area contributed by atoms with E-state index in [9.17, 15) is 19.6 Å². The van der Waals surface area contributed by atoms with Crippen LogP contribution >= 0.6 is 0 Å². The number of hydrogen-bond acceptors (Lipinski definition) is 4. The molecule has 110 valence electrons. The smallest absolute Gasteiger partial charge is 0.311 e. The van der Waals surface area contributed by atoms with Gasteiger partial charge in [0, 0.05) is 12.1 Å². The van der Waals surface area contributed by atoms with Gasteiger partial charge in [0.1, 0.15) is 11.6 Å². The van der Waals surface area contributed by atoms with Crippen molar-refractivity contribution in [2.24, 2.45) is 0 Å². The van der Waals surface area contributed by atoms with Crippen molar-refractivity contribution in [2.45, 2.75) is 20.0 Å². The highest BCUT2D eigenvalue weighted by Gasteiger charge is 2.18. The van der Waals surface area contributed by atoms with Gasteiger partial charge in [-0.2, -0.15) is 0 Å². The fourth-order valence-electron chi connectivity index (χ4n) is 1.79. The van der Waals surface area contributed by atoms with Crippen LogP contribution in [-0.4, -0.2) is 10.0 Å². The van der Waals surface area contributed by atoms with E-state index in [0.29, 0.717) is 11.1 Å². The highest BCUT2D eigenvalue weighted by molar-refractivity contribution is 5.51. The second kappa shape index (κ2) is 5.88. The van der Waals surface area contributed by atoms with Crippen LogP contribution in [0.15, 0.2) is 36.4 Å². The average Bonchev–Trinajstić information content (AvgIpc) is 2.43. The number of nitro benzene ring substituents is 1. The predicted molar refractivity (Wildman–Crippen MR) is 74.9 cm³/mol. The first-order chi connectivity index (χ1) is 9.88. The summed E-state index contributed by atoms with van der Waals surface area (Å²) in [5.41, 5.74) is 0.583. The molecule has 0 spiro atoms. The molecule has 0 aliphatic rings. The molecular weight excluding hydrogens is 277 g/mol. The minimum Gasteiger partial charge on any atom is -0.450 e. The van der Waals surface area contributed by atoms with E-state index < -0.39 is 16.8 Å². The molecule has 2 rings (SSSR count). The maximum absolute atomic E-state index is 13.5. The number of aliphatic hydroxyl groups is 1. The Morgan fingerprint density at radius 2 is 2.00 bits per heavy atom. The normalized spacial score (nSPS) is 12.0. The van der Waals surface area contributed by atoms with Gasteiger partial charge in [-0.15, -0.1) is 0 Å². The summed E-state index contributed by atoms with van der Waals surface area (Å²) in [6, 6.07) is 8.38. The molecule has 0 radical (unpaired) electrons. The van der Waals surface area contributed by atoms with Crippen molar-refractivity contribution in [3.63, 3.8) is 0 Å². The van der Waals surface area contributed by atoms with Crippen molar-refractivity contribution in [3.05, 3.63) is 63.5 Å². The van der Waals surface area contributed by atoms with Crippen LogP contribution in [-0.2, 0) is 0 Å². The van der Waals surface area contributed by atoms with Gasteiger partial charge in [0.05, 0.1) is 11.0 Å². The molecule has 0 fully saturated rings. The number of rotatable bonds is 4. The molecule has 0 bridgehead atoms. The summed E-state index contributed by atoms with van der Waals surface area (Å²) in [5.74, 6) is -0.283. The second-order valence-corrected chi connectivity index (χ2v) is 4.67. The SMILES string of the molecule is Cc1ccc(Oc2ccc([C@H](C)O)cc2[N+](=O)[O-])cc1F. The lowest BCUT2D eigenvalue weighted by molar-refractivity contribution is -0.385. The highest BCUT2D eigenvalue weighted by Crippen LogP contribution is 2.34. The van der Waals surface area contributed by atoms with Gasteiger partial charge in [-0.1, -0.05) is 12.1 Å². The topological polar surface area (TPSA) is 72.6 Å². The summed E-state index contributed by atoms with van der Waals surface area (Å²) in [4.78, 5) is 10.5. The first-order valence-electron chi connectivity index (χ1n) is 6.29. The molecule has 0 aliphatic heterocycles. The summed E-state index contributed by atoms with van der Waals surface area (Å²) in [5, 5.41) is 20.5. The van der Waals surface area contributed by atoms with Gasteiger partial charge in [0.2, 0.25) is 5.75 Å². The van der Waals surface area contributed by atoms with Gasteiger partial charge in [0.25, 0.3) is 0 Å². The molecule has 0 aromatic heterocycles. The Balaban J connectivity index is 2.39. The molecule has 0 saturated heterocycles. The number of ether oxygens (including phenoxy) is 1. The summed E-state index contributed by atoms with van der Waals surface area (Å²) in [6.07, 6.45) is -0.824. The van der Waals surface area contributed by atoms with E-state index in [0.717, 1.165) is 0 Å². The quantitative estimate of drug-likeness (QED) is 0.685. The van der Waals surface area contributed by atoms with Crippen molar-refractivity contribution in [3.8, 4) is 11.5 Å². The number of hydrogen-bond donors (Lipinski definition) is 1. The zero-order valence-electron chi connectivity index (χ0n) is 11.5. The lowest BCUT2D eigenvalue weighted by Gasteiger charge is -2.10. The summed E-state index contributed by atoms with van der Waals surface area (Å²) >= 11 is 0. The standard InChI is InChI=1S/C15H14FNO4/c1-9-3-5-12(8-13(9)16)21-15-6-4-11(10(2)18)7-14(15)17(19)20/h3-8,10,18H,1-2H3/t10-/m0/s1. The lowest BCUT2D eigenvalue weighted by atomic mass is 10.1. The third-order valence-corrected chi connectivity index (χ3v) is 3.03. The zero-order chi connectivity index (χ0) is 15.6. The van der Waals surface area contributed by atoms with Gasteiger partial charge in [-0.25, -0.2) is 4.39 Å². The van der Waals surface area contributed by atoms with E-state index in [2.05, 4.69) is 0 Å². The van der Waals surface area contributed by atoms with E-state index in [1.807, 2.05) is 0 Å². The van der Waals surface area contributed by atoms with E-state index in [4.69, 9.17) is 4.74 Å². The van der Waals surface area contributed by atoms with Gasteiger partial charge in [0.15, 0.2) is 0 Å². The van der Waals surface area contributed by atoms with Crippen molar-refractivity contribution in [2.75, 3.05) is 0 Å². The molecule has 0 aliphatic carbocycles. The van der Waals surface area contributed by atoms with Crippen molar-refractivity contribution in [1.82, 2.24) is 0 Å². The number of aryl methyl sites for hydroxylation is 1. The van der Waals surface area contributed by atoms with Gasteiger partial charge < -0.3 is 9.84 Å². The average molecular weight is 291 g/mol. The molecule has 5 nitrogen and oxygen atoms in total. The first kappa shape index (κ1) is 14.9. The first-order valence-corrected chi connectivity index (χ1v) is 6.29. The zero-order valence-corrected chi connectivity index (χ0v) is 11.5. The largest absolute Gasteiger partial charge is 0.450 e. The number of halogens is 1. The minimum absolute atomic E-state index is 0.00680. The van der Waals surface area contributed by atoms with Crippen molar-refractivity contribution in [1.29, 1.82) is 0 Å². The van der Waals surface area contributed by atoms with Gasteiger partial charge in [-0.3, -0.25) is 10.1 Å². The molecule has 2 aromatic rings. The minimum atomic E-state index is -0.824. The Bertz CT molecular complexity index is 685. The number of nitro groups is 1. The third-order valence-electron chi connectivity index (χ3n) is 3.03. The number of aliphatic hydroxyl groups excluding tert-OH is 1. The van der Waals surface area contributed by atoms with Crippen LogP contribution in [0.2, 0.25) is 0 Å². The molecular formula is C15H14FNO4. The Labute approximate surface area is 120 Å². The van der Waals surface area contributed by atoms with Crippen LogP contribution in [0.25, 0.3) is 0 Å². The monoisotopic (exact) mass is 291 g/mol. The molecule has 21 heavy (non-hydrogen) atoms. The maximum atomic E-state index is 13.5. The molecule has 0 saturated carbocycles. The molecule has 1 atom stereocenters. The second-order valence-electron chi connectivity index (χ2n) is 4.67. The van der Waals surface area contributed by atoms with Crippen LogP contribution in [0.5, 0.6) is 11.5 Å². The number of benzene rings is 2. The van der Waals surface area contributed by atoms with Crippen molar-refractivity contribution >= 4 is 5.69 Å². The van der Waals surface area contributed by atoms with E-state index >= 15 is 0 Å². The molecule has 6 heteroatoms. The summed E-state index contributed by atoms with van der Waals surface area (Å²) < 4.78 is 18.8. The molecule has 2 aromatic carbocycles. The van der Waals surface area contributed by atoms with Crippen molar-refractivity contribution < 1.29 is 19.2 Å². The van der Waals surface area contributed by atoms with Gasteiger partial charge >= 0.3 is 5.69 Å². The third kappa shape index (κ3) is 3.35. The Kier molecular flexibility index (Phi) is 4.18. The van der Waals surface area contributed by atoms with Crippen LogP contribution < -0.4 is 4.74 Å². The molecule has 0 amide bonds. The Morgan fingerprint density at radius 1 is 1.29 bits per heavy atom. The van der Waals surface area contributed by atoms with Crippen LogP contribution in [0.4, 0.5) is 10.1 Å². The number of nitrogens with zero attached hydrogens (tertiary/aromatic N) is 1. The Morgan fingerprint density at radius 3 is 2.57 bits per heavy atom. The fourth-order valence-corrected chi connectivity index (χ4v) is 1.79. The molecule has 1 N–H and O–H groups in total. The molecule has 0 heterocycles. The Hall–Kier alpha value is -2.47. The molecule has 0 unspecified atom stereocenters. The van der Waals surface area contributed by atoms with Crippen LogP contribution in [0, 0.1) is 22.9 Å². The summed E-state index contributed by atoms with van der Waals surface area (Å²) in [7, 11) is 0. The van der Waals surface area contributed by atoms with Gasteiger partial charge in [-0.05, 0) is 37.1 Å². The maximum Gasteiger partial charge on any atom is 0.311 e. The predicted octanol–water partition coefficient (Wildman–Crippen LogP) is 3.89. The highest BCUT2D eigenvalue weighted by atomic mass is 19.1. The van der Waals surface area contributed by atoms with Crippen LogP contribution in [0.3, 0.4) is 0 Å². The van der Waals surface area contributed by atoms with Crippen LogP contribution in [0.1, 0.15) is 24.2 Å². The fraction of sp³-hybridized carbons (Fsp3) is 0.200. The summed E-state index contributed by atoms with van der Waals surface area (Å²) in [6.45, 7) is 3.12. The van der Waals surface area contributed by atoms with E-state index in [1.165, 1.54) is 43.3 Å². The lowest BCUT2D eigenvalue weighted by Crippen LogP contribution is -1.98.